The molecule has 0 saturated heterocycles. The van der Waals surface area contributed by atoms with Gasteiger partial charge in [0.1, 0.15) is 0 Å². The average Bonchev–Trinajstić information content (AvgIpc) is 2.52. The summed E-state index contributed by atoms with van der Waals surface area (Å²) in [6, 6.07) is 3.99. The Hall–Kier alpha value is -1.36. The Morgan fingerprint density at radius 2 is 1.42 bits per heavy atom. The van der Waals surface area contributed by atoms with Gasteiger partial charge in [0.2, 0.25) is 0 Å². The van der Waals surface area contributed by atoms with Crippen LogP contribution in [0.5, 0.6) is 0 Å². The van der Waals surface area contributed by atoms with Crippen molar-refractivity contribution < 1.29 is 42.9 Å². The molecule has 1 aromatic rings. The average molecular weight is 408 g/mol. The van der Waals surface area contributed by atoms with E-state index in [1.54, 1.807) is 0 Å². The molecule has 0 fully saturated rings. The second-order valence-electron chi connectivity index (χ2n) is 5.70. The molecule has 1 unspecified atom stereocenters. The fourth-order valence-electron chi connectivity index (χ4n) is 2.11. The van der Waals surface area contributed by atoms with Gasteiger partial charge >= 0.3 is 22.6 Å². The number of alkyl halides is 6. The van der Waals surface area contributed by atoms with Crippen molar-refractivity contribution in [1.29, 1.82) is 0 Å². The van der Waals surface area contributed by atoms with Crippen LogP contribution in [0.3, 0.4) is 0 Å². The van der Waals surface area contributed by atoms with Crippen molar-refractivity contribution in [2.45, 2.75) is 63.4 Å². The van der Waals surface area contributed by atoms with Gasteiger partial charge in [0.15, 0.2) is 18.6 Å². The molecule has 0 radical (unpaired) electrons. The van der Waals surface area contributed by atoms with E-state index in [1.165, 1.54) is 18.2 Å². The molecule has 1 atom stereocenters. The SMILES string of the molecule is O=S(=O)(OC(F)(F)C(F)CCCCCCCC(F)(F)F)[n+]1ccccc1. The fourth-order valence-corrected chi connectivity index (χ4v) is 3.02. The van der Waals surface area contributed by atoms with Crippen LogP contribution in [0.15, 0.2) is 30.6 Å². The lowest BCUT2D eigenvalue weighted by Crippen LogP contribution is -2.48. The standard InChI is InChI=1S/C15H20F6NO3S/c16-13(9-5-2-1-3-6-10-14(17,18)19)15(20,21)25-26(23,24)22-11-7-4-8-12-22/h4,7-8,11-13H,1-3,5-6,9-10H2/q+1. The van der Waals surface area contributed by atoms with E-state index in [2.05, 4.69) is 4.18 Å². The monoisotopic (exact) mass is 408 g/mol. The number of halogens is 6. The second-order valence-corrected chi connectivity index (χ2v) is 7.14. The Morgan fingerprint density at radius 3 is 2.00 bits per heavy atom. The van der Waals surface area contributed by atoms with E-state index in [0.29, 0.717) is 10.4 Å². The summed E-state index contributed by atoms with van der Waals surface area (Å²) in [4.78, 5) is 0. The van der Waals surface area contributed by atoms with E-state index in [0.717, 1.165) is 12.4 Å². The van der Waals surface area contributed by atoms with Gasteiger partial charge in [0.05, 0.1) is 0 Å². The van der Waals surface area contributed by atoms with E-state index in [-0.39, 0.29) is 25.7 Å². The minimum Gasteiger partial charge on any atom is -0.238 e. The molecular formula is C15H20F6NO3S+. The molecule has 0 aliphatic carbocycles. The van der Waals surface area contributed by atoms with Gasteiger partial charge in [-0.3, -0.25) is 0 Å². The van der Waals surface area contributed by atoms with Gasteiger partial charge in [-0.2, -0.15) is 22.0 Å². The summed E-state index contributed by atoms with van der Waals surface area (Å²) in [5.41, 5.74) is 0. The summed E-state index contributed by atoms with van der Waals surface area (Å²) < 4.78 is 104. The molecular weight excluding hydrogens is 388 g/mol. The van der Waals surface area contributed by atoms with Crippen LogP contribution in [-0.2, 0) is 14.5 Å². The normalized spacial score (nSPS) is 14.4. The maximum atomic E-state index is 13.7. The Kier molecular flexibility index (Phi) is 8.32. The summed E-state index contributed by atoms with van der Waals surface area (Å²) in [7, 11) is -4.90. The number of unbranched alkanes of at least 4 members (excludes halogenated alkanes) is 4. The first kappa shape index (κ1) is 22.7. The third-order valence-corrected chi connectivity index (χ3v) is 4.64. The smallest absolute Gasteiger partial charge is 0.238 e. The van der Waals surface area contributed by atoms with Crippen LogP contribution in [0.25, 0.3) is 0 Å². The Labute approximate surface area is 148 Å². The van der Waals surface area contributed by atoms with E-state index in [1.807, 2.05) is 0 Å². The summed E-state index contributed by atoms with van der Waals surface area (Å²) in [6.45, 7) is 0. The van der Waals surface area contributed by atoms with Gasteiger partial charge in [0, 0.05) is 18.6 Å². The summed E-state index contributed by atoms with van der Waals surface area (Å²) in [5.74, 6) is 0. The molecule has 0 N–H and O–H groups in total. The van der Waals surface area contributed by atoms with Crippen molar-refractivity contribution in [1.82, 2.24) is 0 Å². The zero-order valence-corrected chi connectivity index (χ0v) is 14.6. The number of nitrogens with zero attached hydrogens (tertiary/aromatic N) is 1. The lowest BCUT2D eigenvalue weighted by atomic mass is 10.1. The van der Waals surface area contributed by atoms with Gasteiger partial charge in [-0.05, 0) is 12.8 Å². The highest BCUT2D eigenvalue weighted by Gasteiger charge is 2.48. The first-order valence-electron chi connectivity index (χ1n) is 7.95. The Balaban J connectivity index is 2.38. The number of hydrogen-bond donors (Lipinski definition) is 0. The highest BCUT2D eigenvalue weighted by molar-refractivity contribution is 7.80. The highest BCUT2D eigenvalue weighted by Crippen LogP contribution is 2.29. The van der Waals surface area contributed by atoms with Gasteiger partial charge in [-0.25, -0.2) is 4.39 Å². The highest BCUT2D eigenvalue weighted by atomic mass is 32.2. The predicted molar refractivity (Wildman–Crippen MR) is 80.3 cm³/mol. The Morgan fingerprint density at radius 1 is 0.885 bits per heavy atom. The number of pyridine rings is 1. The molecule has 1 rings (SSSR count). The third kappa shape index (κ3) is 8.35. The second kappa shape index (κ2) is 9.54. The van der Waals surface area contributed by atoms with Crippen molar-refractivity contribution >= 4 is 10.3 Å². The molecule has 11 heteroatoms. The molecule has 0 saturated carbocycles. The van der Waals surface area contributed by atoms with Crippen molar-refractivity contribution in [2.75, 3.05) is 0 Å². The van der Waals surface area contributed by atoms with Gasteiger partial charge in [0.25, 0.3) is 0 Å². The molecule has 0 amide bonds. The zero-order chi connectivity index (χ0) is 19.8. The molecule has 1 heterocycles. The predicted octanol–water partition coefficient (Wildman–Crippen LogP) is 4.31. The van der Waals surface area contributed by atoms with Crippen LogP contribution in [0, 0.1) is 0 Å². The third-order valence-electron chi connectivity index (χ3n) is 3.45. The molecule has 4 nitrogen and oxygen atoms in total. The van der Waals surface area contributed by atoms with Crippen molar-refractivity contribution in [3.05, 3.63) is 30.6 Å². The van der Waals surface area contributed by atoms with Gasteiger partial charge < -0.3 is 0 Å². The van der Waals surface area contributed by atoms with Crippen LogP contribution in [-0.4, -0.2) is 26.9 Å². The molecule has 0 aliphatic heterocycles. The number of hydrogen-bond acceptors (Lipinski definition) is 3. The molecule has 0 aliphatic rings. The maximum absolute atomic E-state index is 13.7. The van der Waals surface area contributed by atoms with E-state index < -0.39 is 41.6 Å². The summed E-state index contributed by atoms with van der Waals surface area (Å²) in [6.07, 6.45) is -10.5. The Bertz CT molecular complexity index is 637. The van der Waals surface area contributed by atoms with Gasteiger partial charge in [-0.1, -0.05) is 35.7 Å². The van der Waals surface area contributed by atoms with Crippen LogP contribution >= 0.6 is 0 Å². The molecule has 150 valence electrons. The van der Waals surface area contributed by atoms with E-state index >= 15 is 0 Å². The van der Waals surface area contributed by atoms with Crippen LogP contribution in [0.2, 0.25) is 0 Å². The molecule has 0 bridgehead atoms. The molecule has 26 heavy (non-hydrogen) atoms. The largest absolute Gasteiger partial charge is 0.519 e. The van der Waals surface area contributed by atoms with Crippen molar-refractivity contribution in [3.8, 4) is 0 Å². The summed E-state index contributed by atoms with van der Waals surface area (Å²) in [5, 5.41) is 0. The molecule has 1 aromatic heterocycles. The molecule has 0 spiro atoms. The first-order valence-corrected chi connectivity index (χ1v) is 9.32. The van der Waals surface area contributed by atoms with E-state index in [4.69, 9.17) is 0 Å². The lowest BCUT2D eigenvalue weighted by Gasteiger charge is -2.18. The topological polar surface area (TPSA) is 47.3 Å². The van der Waals surface area contributed by atoms with Crippen LogP contribution in [0.4, 0.5) is 26.3 Å². The minimum atomic E-state index is -4.90. The van der Waals surface area contributed by atoms with Crippen LogP contribution in [0.1, 0.15) is 44.9 Å². The minimum absolute atomic E-state index is 0.0232. The lowest BCUT2D eigenvalue weighted by molar-refractivity contribution is -0.525. The zero-order valence-electron chi connectivity index (χ0n) is 13.8. The van der Waals surface area contributed by atoms with E-state index in [9.17, 15) is 34.8 Å². The quantitative estimate of drug-likeness (QED) is 0.312. The first-order chi connectivity index (χ1) is 11.9. The van der Waals surface area contributed by atoms with Crippen LogP contribution < -0.4 is 3.97 Å². The number of aromatic nitrogens is 1. The molecule has 0 aromatic carbocycles. The fraction of sp³-hybridized carbons (Fsp3) is 0.667. The number of rotatable bonds is 11. The van der Waals surface area contributed by atoms with Crippen molar-refractivity contribution in [3.63, 3.8) is 0 Å². The van der Waals surface area contributed by atoms with Gasteiger partial charge in [-0.15, -0.1) is 12.6 Å². The summed E-state index contributed by atoms with van der Waals surface area (Å²) >= 11 is 0. The maximum Gasteiger partial charge on any atom is 0.519 e. The van der Waals surface area contributed by atoms with Crippen molar-refractivity contribution in [2.24, 2.45) is 0 Å².